The summed E-state index contributed by atoms with van der Waals surface area (Å²) in [7, 11) is -3.12. The second-order valence-corrected chi connectivity index (χ2v) is 11.3. The monoisotopic (exact) mass is 499 g/mol. The van der Waals surface area contributed by atoms with Crippen LogP contribution >= 0.6 is 0 Å². The molecule has 1 saturated heterocycles. The second kappa shape index (κ2) is 9.69. The number of carbonyl (C=O) groups is 3. The fraction of sp³-hybridized carbons (Fsp3) is 0.400. The third-order valence-corrected chi connectivity index (χ3v) is 7.28. The summed E-state index contributed by atoms with van der Waals surface area (Å²) in [6.45, 7) is 2.28. The SMILES string of the molecule is CC12CCC(=O)N1c1ccccc1C(=O)N2CCCC(=O)Nc1cccc(OCCS(C)(=O)=O)c1. The zero-order chi connectivity index (χ0) is 25.2. The molecule has 2 aromatic rings. The van der Waals surface area contributed by atoms with E-state index in [1.807, 2.05) is 13.0 Å². The fourth-order valence-corrected chi connectivity index (χ4v) is 5.02. The van der Waals surface area contributed by atoms with Crippen molar-refractivity contribution < 1.29 is 27.5 Å². The van der Waals surface area contributed by atoms with Crippen molar-refractivity contribution in [3.05, 3.63) is 54.1 Å². The van der Waals surface area contributed by atoms with Crippen molar-refractivity contribution in [3.8, 4) is 5.75 Å². The minimum Gasteiger partial charge on any atom is -0.492 e. The van der Waals surface area contributed by atoms with Gasteiger partial charge in [0.2, 0.25) is 11.8 Å². The number of amides is 3. The van der Waals surface area contributed by atoms with Crippen LogP contribution in [0.15, 0.2) is 48.5 Å². The molecule has 0 saturated carbocycles. The molecule has 1 fully saturated rings. The van der Waals surface area contributed by atoms with E-state index in [0.29, 0.717) is 48.5 Å². The number of nitrogens with zero attached hydrogens (tertiary/aromatic N) is 2. The third kappa shape index (κ3) is 5.32. The molecule has 1 unspecified atom stereocenters. The summed E-state index contributed by atoms with van der Waals surface area (Å²) in [5.74, 6) is 0.0171. The van der Waals surface area contributed by atoms with Crippen molar-refractivity contribution in [1.29, 1.82) is 0 Å². The Morgan fingerprint density at radius 3 is 2.69 bits per heavy atom. The molecule has 1 N–H and O–H groups in total. The lowest BCUT2D eigenvalue weighted by Crippen LogP contribution is -2.62. The summed E-state index contributed by atoms with van der Waals surface area (Å²) < 4.78 is 28.0. The summed E-state index contributed by atoms with van der Waals surface area (Å²) in [5.41, 5.74) is 0.943. The molecule has 35 heavy (non-hydrogen) atoms. The van der Waals surface area contributed by atoms with E-state index in [-0.39, 0.29) is 36.5 Å². The van der Waals surface area contributed by atoms with Gasteiger partial charge in [-0.3, -0.25) is 19.3 Å². The Balaban J connectivity index is 1.35. The number of anilines is 2. The van der Waals surface area contributed by atoms with Crippen LogP contribution in [0.5, 0.6) is 5.75 Å². The molecule has 0 spiro atoms. The van der Waals surface area contributed by atoms with Crippen LogP contribution in [0, 0.1) is 0 Å². The number of hydrogen-bond donors (Lipinski definition) is 1. The van der Waals surface area contributed by atoms with Crippen molar-refractivity contribution in [2.24, 2.45) is 0 Å². The van der Waals surface area contributed by atoms with Crippen LogP contribution in [0.25, 0.3) is 0 Å². The van der Waals surface area contributed by atoms with E-state index in [4.69, 9.17) is 4.74 Å². The molecule has 0 aliphatic carbocycles. The molecule has 9 nitrogen and oxygen atoms in total. The Bertz CT molecular complexity index is 1260. The van der Waals surface area contributed by atoms with Crippen molar-refractivity contribution in [3.63, 3.8) is 0 Å². The number of fused-ring (bicyclic) bond motifs is 3. The maximum Gasteiger partial charge on any atom is 0.257 e. The first-order valence-electron chi connectivity index (χ1n) is 11.5. The predicted octanol–water partition coefficient (Wildman–Crippen LogP) is 2.83. The van der Waals surface area contributed by atoms with Crippen LogP contribution in [0.3, 0.4) is 0 Å². The molecule has 3 amide bonds. The number of sulfone groups is 1. The fourth-order valence-electron chi connectivity index (χ4n) is 4.64. The summed E-state index contributed by atoms with van der Waals surface area (Å²) in [4.78, 5) is 41.9. The Hall–Kier alpha value is -3.40. The molecular weight excluding hydrogens is 470 g/mol. The van der Waals surface area contributed by atoms with Gasteiger partial charge < -0.3 is 15.0 Å². The Labute approximate surface area is 205 Å². The highest BCUT2D eigenvalue weighted by molar-refractivity contribution is 7.90. The van der Waals surface area contributed by atoms with Gasteiger partial charge in [0.1, 0.15) is 18.0 Å². The first kappa shape index (κ1) is 24.7. The summed E-state index contributed by atoms with van der Waals surface area (Å²) in [5, 5.41) is 2.81. The highest BCUT2D eigenvalue weighted by Crippen LogP contribution is 2.44. The van der Waals surface area contributed by atoms with Crippen LogP contribution in [0.2, 0.25) is 0 Å². The van der Waals surface area contributed by atoms with Gasteiger partial charge in [-0.25, -0.2) is 8.42 Å². The molecule has 0 aromatic heterocycles. The lowest BCUT2D eigenvalue weighted by atomic mass is 9.98. The number of para-hydroxylation sites is 1. The van der Waals surface area contributed by atoms with E-state index in [1.54, 1.807) is 52.3 Å². The quantitative estimate of drug-likeness (QED) is 0.568. The summed E-state index contributed by atoms with van der Waals surface area (Å²) >= 11 is 0. The van der Waals surface area contributed by atoms with Crippen molar-refractivity contribution >= 4 is 38.9 Å². The van der Waals surface area contributed by atoms with Crippen molar-refractivity contribution in [2.75, 3.05) is 35.4 Å². The number of rotatable bonds is 9. The molecular formula is C25H29N3O6S. The molecule has 2 aliphatic rings. The predicted molar refractivity (Wildman–Crippen MR) is 132 cm³/mol. The average molecular weight is 500 g/mol. The van der Waals surface area contributed by atoms with Gasteiger partial charge in [0.05, 0.1) is 17.0 Å². The van der Waals surface area contributed by atoms with E-state index in [2.05, 4.69) is 5.32 Å². The van der Waals surface area contributed by atoms with E-state index in [1.165, 1.54) is 0 Å². The Morgan fingerprint density at radius 1 is 1.14 bits per heavy atom. The maximum atomic E-state index is 13.3. The number of hydrogen-bond acceptors (Lipinski definition) is 6. The second-order valence-electron chi connectivity index (χ2n) is 9.08. The molecule has 0 bridgehead atoms. The van der Waals surface area contributed by atoms with Crippen molar-refractivity contribution in [1.82, 2.24) is 4.90 Å². The average Bonchev–Trinajstić information content (AvgIpc) is 3.10. The molecule has 10 heteroatoms. The van der Waals surface area contributed by atoms with Gasteiger partial charge in [-0.15, -0.1) is 0 Å². The normalized spacial score (nSPS) is 19.4. The highest BCUT2D eigenvalue weighted by atomic mass is 32.2. The number of nitrogens with one attached hydrogen (secondary N) is 1. The first-order valence-corrected chi connectivity index (χ1v) is 13.6. The van der Waals surface area contributed by atoms with Gasteiger partial charge in [0, 0.05) is 37.4 Å². The minimum atomic E-state index is -3.12. The van der Waals surface area contributed by atoms with Crippen LogP contribution in [-0.2, 0) is 19.4 Å². The van der Waals surface area contributed by atoms with Gasteiger partial charge >= 0.3 is 0 Å². The van der Waals surface area contributed by atoms with E-state index >= 15 is 0 Å². The zero-order valence-corrected chi connectivity index (χ0v) is 20.6. The number of benzene rings is 2. The van der Waals surface area contributed by atoms with Crippen LogP contribution < -0.4 is 15.0 Å². The summed E-state index contributed by atoms with van der Waals surface area (Å²) in [6, 6.07) is 13.9. The molecule has 2 aliphatic heterocycles. The van der Waals surface area contributed by atoms with Gasteiger partial charge in [-0.2, -0.15) is 0 Å². The van der Waals surface area contributed by atoms with Crippen molar-refractivity contribution in [2.45, 2.75) is 38.3 Å². The maximum absolute atomic E-state index is 13.3. The van der Waals surface area contributed by atoms with E-state index < -0.39 is 15.5 Å². The van der Waals surface area contributed by atoms with E-state index in [0.717, 1.165) is 6.26 Å². The largest absolute Gasteiger partial charge is 0.492 e. The zero-order valence-electron chi connectivity index (χ0n) is 19.8. The van der Waals surface area contributed by atoms with Crippen LogP contribution in [0.4, 0.5) is 11.4 Å². The van der Waals surface area contributed by atoms with Gasteiger partial charge in [0.15, 0.2) is 9.84 Å². The molecule has 2 aromatic carbocycles. The lowest BCUT2D eigenvalue weighted by Gasteiger charge is -2.48. The first-order chi connectivity index (χ1) is 16.6. The topological polar surface area (TPSA) is 113 Å². The van der Waals surface area contributed by atoms with Crippen LogP contribution in [-0.4, -0.2) is 61.9 Å². The van der Waals surface area contributed by atoms with Crippen LogP contribution in [0.1, 0.15) is 43.0 Å². The number of carbonyl (C=O) groups excluding carboxylic acids is 3. The Kier molecular flexibility index (Phi) is 6.84. The summed E-state index contributed by atoms with van der Waals surface area (Å²) in [6.07, 6.45) is 2.68. The molecule has 0 radical (unpaired) electrons. The minimum absolute atomic E-state index is 0.00571. The van der Waals surface area contributed by atoms with Gasteiger partial charge in [-0.05, 0) is 44.0 Å². The third-order valence-electron chi connectivity index (χ3n) is 6.37. The molecule has 186 valence electrons. The molecule has 1 atom stereocenters. The molecule has 2 heterocycles. The Morgan fingerprint density at radius 2 is 1.91 bits per heavy atom. The van der Waals surface area contributed by atoms with Gasteiger partial charge in [0.25, 0.3) is 5.91 Å². The van der Waals surface area contributed by atoms with Gasteiger partial charge in [-0.1, -0.05) is 18.2 Å². The van der Waals surface area contributed by atoms with E-state index in [9.17, 15) is 22.8 Å². The lowest BCUT2D eigenvalue weighted by molar-refractivity contribution is -0.118. The smallest absolute Gasteiger partial charge is 0.257 e. The standard InChI is InChI=1S/C25H29N3O6S/c1-25-13-12-23(30)28(25)21-10-4-3-9-20(21)24(31)27(25)14-6-11-22(29)26-18-7-5-8-19(17-18)34-15-16-35(2,32)33/h3-5,7-10,17H,6,11-16H2,1-2H3,(H,26,29). The highest BCUT2D eigenvalue weighted by Gasteiger charge is 2.52. The number of ether oxygens (including phenoxy) is 1. The molecule has 4 rings (SSSR count).